The maximum absolute atomic E-state index is 14.5. The highest BCUT2D eigenvalue weighted by atomic mass is 16.5. The minimum absolute atomic E-state index is 0.0203. The molecule has 0 fully saturated rings. The number of hydrogen-bond acceptors (Lipinski definition) is 6. The van der Waals surface area contributed by atoms with Crippen molar-refractivity contribution in [2.45, 2.75) is 37.8 Å². The summed E-state index contributed by atoms with van der Waals surface area (Å²) in [7, 11) is 0. The molecule has 0 aliphatic heterocycles. The number of aliphatic carboxylic acids is 1. The molecule has 2 N–H and O–H groups in total. The van der Waals surface area contributed by atoms with Gasteiger partial charge in [0, 0.05) is 19.2 Å². The van der Waals surface area contributed by atoms with E-state index < -0.39 is 36.1 Å². The predicted molar refractivity (Wildman–Crippen MR) is 224 cm³/mol. The molecule has 0 bridgehead atoms. The number of carboxylic acids is 1. The lowest BCUT2D eigenvalue weighted by molar-refractivity contribution is -0.145. The molecule has 1 aromatic heterocycles. The van der Waals surface area contributed by atoms with E-state index >= 15 is 0 Å². The minimum atomic E-state index is -1.23. The Morgan fingerprint density at radius 2 is 1.14 bits per heavy atom. The first kappa shape index (κ1) is 39.8. The van der Waals surface area contributed by atoms with Crippen LogP contribution in [0.1, 0.15) is 39.1 Å². The van der Waals surface area contributed by atoms with E-state index in [2.05, 4.69) is 41.7 Å². The zero-order valence-corrected chi connectivity index (χ0v) is 32.3. The first-order chi connectivity index (χ1) is 28.9. The third-order valence-corrected chi connectivity index (χ3v) is 10.00. The van der Waals surface area contributed by atoms with Crippen molar-refractivity contribution < 1.29 is 29.0 Å². The fraction of sp³-hybridized carbons (Fsp3) is 0.143. The quantitative estimate of drug-likeness (QED) is 0.0892. The number of hydrogen-bond donors (Lipinski definition) is 2. The summed E-state index contributed by atoms with van der Waals surface area (Å²) in [6.07, 6.45) is 2.73. The van der Waals surface area contributed by atoms with Crippen LogP contribution in [0.2, 0.25) is 0 Å². The number of benzene rings is 6. The zero-order chi connectivity index (χ0) is 40.9. The van der Waals surface area contributed by atoms with Gasteiger partial charge in [0.2, 0.25) is 5.91 Å². The van der Waals surface area contributed by atoms with Gasteiger partial charge in [-0.3, -0.25) is 9.59 Å². The average molecular weight is 785 g/mol. The molecule has 1 atom stereocenters. The van der Waals surface area contributed by atoms with E-state index in [-0.39, 0.29) is 19.6 Å². The summed E-state index contributed by atoms with van der Waals surface area (Å²) in [6.45, 7) is -0.269. The van der Waals surface area contributed by atoms with Crippen LogP contribution in [0.15, 0.2) is 188 Å². The summed E-state index contributed by atoms with van der Waals surface area (Å²) in [5.41, 5.74) is 5.07. The fourth-order valence-electron chi connectivity index (χ4n) is 7.20. The van der Waals surface area contributed by atoms with Crippen LogP contribution >= 0.6 is 0 Å². The molecule has 0 saturated carbocycles. The first-order valence-corrected chi connectivity index (χ1v) is 19.3. The van der Waals surface area contributed by atoms with Gasteiger partial charge in [0.15, 0.2) is 0 Å². The molecule has 1 heterocycles. The second-order valence-corrected chi connectivity index (χ2v) is 14.0. The second kappa shape index (κ2) is 19.1. The molecule has 2 amide bonds. The van der Waals surface area contributed by atoms with E-state index in [1.165, 1.54) is 4.90 Å². The van der Waals surface area contributed by atoms with Crippen LogP contribution in [-0.2, 0) is 46.0 Å². The molecule has 0 aliphatic carbocycles. The normalized spacial score (nSPS) is 11.6. The zero-order valence-electron chi connectivity index (χ0n) is 32.3. The van der Waals surface area contributed by atoms with Gasteiger partial charge in [0.1, 0.15) is 37.1 Å². The van der Waals surface area contributed by atoms with Crippen LogP contribution in [0.4, 0.5) is 4.79 Å². The summed E-state index contributed by atoms with van der Waals surface area (Å²) in [5.74, 6) is -1.18. The van der Waals surface area contributed by atoms with Gasteiger partial charge in [-0.05, 0) is 45.5 Å². The highest BCUT2D eigenvalue weighted by Crippen LogP contribution is 2.40. The number of alkyl carbamates (subject to hydrolysis) is 1. The lowest BCUT2D eigenvalue weighted by Crippen LogP contribution is -2.50. The van der Waals surface area contributed by atoms with E-state index in [0.717, 1.165) is 27.8 Å². The number of nitrogens with zero attached hydrogens (tertiary/aromatic N) is 3. The van der Waals surface area contributed by atoms with Gasteiger partial charge < -0.3 is 29.4 Å². The van der Waals surface area contributed by atoms with Gasteiger partial charge in [-0.15, -0.1) is 0 Å². The Bertz CT molecular complexity index is 2310. The van der Waals surface area contributed by atoms with Gasteiger partial charge in [0.25, 0.3) is 0 Å². The van der Waals surface area contributed by atoms with E-state index in [0.29, 0.717) is 23.6 Å². The molecule has 10 nitrogen and oxygen atoms in total. The third-order valence-electron chi connectivity index (χ3n) is 10.00. The number of carboxylic acid groups (broad SMARTS) is 1. The maximum Gasteiger partial charge on any atom is 0.408 e. The average Bonchev–Trinajstić information content (AvgIpc) is 3.75. The number of nitrogens with one attached hydrogen (secondary N) is 1. The molecule has 296 valence electrons. The van der Waals surface area contributed by atoms with Gasteiger partial charge in [-0.1, -0.05) is 164 Å². The Morgan fingerprint density at radius 1 is 0.644 bits per heavy atom. The topological polar surface area (TPSA) is 123 Å². The summed E-state index contributed by atoms with van der Waals surface area (Å²) in [5, 5.41) is 12.7. The largest absolute Gasteiger partial charge is 0.489 e. The summed E-state index contributed by atoms with van der Waals surface area (Å²) in [6, 6.07) is 55.2. The van der Waals surface area contributed by atoms with Gasteiger partial charge in [-0.2, -0.15) is 0 Å². The molecule has 0 radical (unpaired) electrons. The number of imidazole rings is 1. The van der Waals surface area contributed by atoms with Crippen molar-refractivity contribution in [3.8, 4) is 5.75 Å². The van der Waals surface area contributed by atoms with Crippen molar-refractivity contribution in [3.63, 3.8) is 0 Å². The van der Waals surface area contributed by atoms with E-state index in [1.807, 2.05) is 126 Å². The molecule has 0 saturated heterocycles. The molecule has 0 spiro atoms. The molecular weight excluding hydrogens is 741 g/mol. The summed E-state index contributed by atoms with van der Waals surface area (Å²) < 4.78 is 13.5. The molecular formula is C49H44N4O6. The first-order valence-electron chi connectivity index (χ1n) is 19.3. The number of amides is 2. The highest BCUT2D eigenvalue weighted by molar-refractivity contribution is 5.88. The SMILES string of the molecule is O=C(O)CN(Cc1ccc(OCc2ccccc2)cc1)C(=O)[C@H](Cc1cn(C(c2ccccc2)(c2ccccc2)c2ccccc2)cn1)NC(=O)OCc1ccccc1. The number of carbonyl (C=O) groups is 3. The van der Waals surface area contributed by atoms with Gasteiger partial charge >= 0.3 is 12.1 Å². The van der Waals surface area contributed by atoms with E-state index in [1.54, 1.807) is 30.6 Å². The molecule has 0 aliphatic rings. The monoisotopic (exact) mass is 784 g/mol. The third kappa shape index (κ3) is 9.92. The van der Waals surface area contributed by atoms with Gasteiger partial charge in [0.05, 0.1) is 12.0 Å². The van der Waals surface area contributed by atoms with Gasteiger partial charge in [-0.25, -0.2) is 9.78 Å². The minimum Gasteiger partial charge on any atom is -0.489 e. The molecule has 0 unspecified atom stereocenters. The second-order valence-electron chi connectivity index (χ2n) is 14.0. The number of rotatable bonds is 17. The van der Waals surface area contributed by atoms with Crippen LogP contribution < -0.4 is 10.1 Å². The predicted octanol–water partition coefficient (Wildman–Crippen LogP) is 8.25. The van der Waals surface area contributed by atoms with Crippen LogP contribution in [0.25, 0.3) is 0 Å². The van der Waals surface area contributed by atoms with Crippen LogP contribution in [0.5, 0.6) is 5.75 Å². The molecule has 10 heteroatoms. The number of aromatic nitrogens is 2. The van der Waals surface area contributed by atoms with Crippen molar-refractivity contribution in [1.82, 2.24) is 19.8 Å². The Kier molecular flexibility index (Phi) is 12.9. The van der Waals surface area contributed by atoms with Crippen molar-refractivity contribution in [3.05, 3.63) is 228 Å². The lowest BCUT2D eigenvalue weighted by Gasteiger charge is -2.37. The Morgan fingerprint density at radius 3 is 1.64 bits per heavy atom. The Hall–Kier alpha value is -7.46. The number of carbonyl (C=O) groups excluding carboxylic acids is 2. The lowest BCUT2D eigenvalue weighted by atomic mass is 9.77. The van der Waals surface area contributed by atoms with Crippen molar-refractivity contribution in [2.75, 3.05) is 6.54 Å². The highest BCUT2D eigenvalue weighted by Gasteiger charge is 2.39. The molecule has 59 heavy (non-hydrogen) atoms. The van der Waals surface area contributed by atoms with Crippen molar-refractivity contribution in [1.29, 1.82) is 0 Å². The van der Waals surface area contributed by atoms with E-state index in [9.17, 15) is 19.5 Å². The Labute approximate surface area is 343 Å². The maximum atomic E-state index is 14.5. The summed E-state index contributed by atoms with van der Waals surface area (Å²) >= 11 is 0. The Balaban J connectivity index is 1.19. The summed E-state index contributed by atoms with van der Waals surface area (Å²) in [4.78, 5) is 46.1. The smallest absolute Gasteiger partial charge is 0.408 e. The fourth-order valence-corrected chi connectivity index (χ4v) is 7.20. The van der Waals surface area contributed by atoms with Crippen molar-refractivity contribution >= 4 is 18.0 Å². The number of ether oxygens (including phenoxy) is 2. The molecule has 7 aromatic rings. The van der Waals surface area contributed by atoms with Crippen LogP contribution in [0.3, 0.4) is 0 Å². The van der Waals surface area contributed by atoms with E-state index in [4.69, 9.17) is 14.5 Å². The molecule has 6 aromatic carbocycles. The van der Waals surface area contributed by atoms with Crippen LogP contribution in [-0.4, -0.2) is 50.1 Å². The molecule has 7 rings (SSSR count). The van der Waals surface area contributed by atoms with Crippen molar-refractivity contribution in [2.24, 2.45) is 0 Å². The standard InChI is InChI=1S/C49H44N4O6/c54-46(55)33-52(31-37-26-28-44(29-27-37)58-34-38-16-6-1-7-17-38)47(56)45(51-48(57)59-35-39-18-8-2-9-19-39)30-43-32-53(36-50-43)49(40-20-10-3-11-21-40,41-22-12-4-13-23-41)42-24-14-5-15-25-42/h1-29,32,36,45H,30-31,33-35H2,(H,51,57)(H,54,55)/t45-/m0/s1. The van der Waals surface area contributed by atoms with Crippen LogP contribution in [0, 0.1) is 0 Å².